The molecule has 0 amide bonds. The summed E-state index contributed by atoms with van der Waals surface area (Å²) in [7, 11) is 0. The molecule has 1 aromatic heterocycles. The van der Waals surface area contributed by atoms with E-state index >= 15 is 0 Å². The third-order valence-corrected chi connectivity index (χ3v) is 2.73. The van der Waals surface area contributed by atoms with Gasteiger partial charge in [0, 0.05) is 16.6 Å². The molecule has 2 aromatic rings. The van der Waals surface area contributed by atoms with Crippen molar-refractivity contribution in [2.75, 3.05) is 0 Å². The summed E-state index contributed by atoms with van der Waals surface area (Å²) in [6.45, 7) is 7.96. The van der Waals surface area contributed by atoms with Crippen molar-refractivity contribution in [3.8, 4) is 0 Å². The number of nitrogens with one attached hydrogen (secondary N) is 1. The Hall–Kier alpha value is -1.76. The van der Waals surface area contributed by atoms with Gasteiger partial charge in [-0.2, -0.15) is 0 Å². The molecule has 0 fully saturated rings. The van der Waals surface area contributed by atoms with Gasteiger partial charge in [-0.15, -0.1) is 0 Å². The zero-order valence-electron chi connectivity index (χ0n) is 9.17. The lowest BCUT2D eigenvalue weighted by Gasteiger charge is -1.98. The number of hydrogen-bond donors (Lipinski definition) is 1. The van der Waals surface area contributed by atoms with E-state index in [4.69, 9.17) is 0 Å². The molecule has 0 aliphatic heterocycles. The van der Waals surface area contributed by atoms with Crippen molar-refractivity contribution in [3.05, 3.63) is 54.3 Å². The van der Waals surface area contributed by atoms with Gasteiger partial charge in [0.25, 0.3) is 0 Å². The lowest BCUT2D eigenvalue weighted by molar-refractivity contribution is 1.34. The van der Waals surface area contributed by atoms with E-state index in [2.05, 4.69) is 49.7 Å². The van der Waals surface area contributed by atoms with E-state index in [0.717, 1.165) is 0 Å². The molecule has 1 heteroatoms. The van der Waals surface area contributed by atoms with E-state index < -0.39 is 0 Å². The van der Waals surface area contributed by atoms with Crippen LogP contribution in [-0.2, 0) is 0 Å². The first-order valence-corrected chi connectivity index (χ1v) is 5.11. The second-order valence-corrected chi connectivity index (χ2v) is 3.76. The number of hydrogen-bond acceptors (Lipinski definition) is 0. The summed E-state index contributed by atoms with van der Waals surface area (Å²) in [6.07, 6.45) is 3.85. The number of aromatic nitrogens is 1. The zero-order chi connectivity index (χ0) is 10.8. The van der Waals surface area contributed by atoms with Gasteiger partial charge >= 0.3 is 0 Å². The van der Waals surface area contributed by atoms with Crippen LogP contribution < -0.4 is 0 Å². The molecule has 15 heavy (non-hydrogen) atoms. The lowest BCUT2D eigenvalue weighted by Crippen LogP contribution is -1.81. The predicted molar refractivity (Wildman–Crippen MR) is 66.9 cm³/mol. The van der Waals surface area contributed by atoms with E-state index in [1.165, 1.54) is 27.7 Å². The maximum atomic E-state index is 3.72. The quantitative estimate of drug-likeness (QED) is 0.699. The molecule has 0 aliphatic rings. The number of H-pyrrole nitrogens is 1. The van der Waals surface area contributed by atoms with Gasteiger partial charge in [-0.3, -0.25) is 0 Å². The highest BCUT2D eigenvalue weighted by molar-refractivity contribution is 5.88. The predicted octanol–water partition coefficient (Wildman–Crippen LogP) is 4.07. The van der Waals surface area contributed by atoms with Crippen LogP contribution in [0.15, 0.2) is 43.0 Å². The zero-order valence-corrected chi connectivity index (χ0v) is 9.17. The van der Waals surface area contributed by atoms with Gasteiger partial charge in [-0.1, -0.05) is 36.9 Å². The molecular weight excluding hydrogens is 182 g/mol. The van der Waals surface area contributed by atoms with Crippen LogP contribution >= 0.6 is 0 Å². The summed E-state index contributed by atoms with van der Waals surface area (Å²) in [5.74, 6) is 0. The van der Waals surface area contributed by atoms with Crippen molar-refractivity contribution in [2.45, 2.75) is 13.8 Å². The van der Waals surface area contributed by atoms with Crippen molar-refractivity contribution in [2.24, 2.45) is 0 Å². The molecule has 0 unspecified atom stereocenters. The molecule has 0 saturated carbocycles. The summed E-state index contributed by atoms with van der Waals surface area (Å²) < 4.78 is 0. The third kappa shape index (κ3) is 1.61. The Morgan fingerprint density at radius 2 is 2.07 bits per heavy atom. The van der Waals surface area contributed by atoms with Crippen LogP contribution in [-0.4, -0.2) is 4.98 Å². The number of fused-ring (bicyclic) bond motifs is 1. The molecule has 1 nitrogen and oxygen atoms in total. The number of allylic oxidation sites excluding steroid dienone is 3. The third-order valence-electron chi connectivity index (χ3n) is 2.73. The maximum Gasteiger partial charge on any atom is 0.0461 e. The molecule has 76 valence electrons. The fraction of sp³-hybridized carbons (Fsp3) is 0.143. The molecule has 0 spiro atoms. The molecule has 0 aliphatic carbocycles. The van der Waals surface area contributed by atoms with Gasteiger partial charge < -0.3 is 4.98 Å². The van der Waals surface area contributed by atoms with Crippen LogP contribution in [0.4, 0.5) is 0 Å². The second kappa shape index (κ2) is 3.77. The van der Waals surface area contributed by atoms with E-state index in [0.29, 0.717) is 0 Å². The number of para-hydroxylation sites is 1. The monoisotopic (exact) mass is 197 g/mol. The SMILES string of the molecule is C=C/C=C(/C)c1[nH]c2ccccc2c1C. The average molecular weight is 197 g/mol. The normalized spacial score (nSPS) is 12.0. The summed E-state index contributed by atoms with van der Waals surface area (Å²) in [4.78, 5) is 3.43. The first kappa shape index (κ1) is 9.78. The van der Waals surface area contributed by atoms with E-state index in [9.17, 15) is 0 Å². The molecule has 1 N–H and O–H groups in total. The summed E-state index contributed by atoms with van der Waals surface area (Å²) in [5.41, 5.74) is 4.93. The molecule has 0 bridgehead atoms. The van der Waals surface area contributed by atoms with Crippen LogP contribution in [0.3, 0.4) is 0 Å². The van der Waals surface area contributed by atoms with E-state index in [1.54, 1.807) is 0 Å². The van der Waals surface area contributed by atoms with Gasteiger partial charge in [0.2, 0.25) is 0 Å². The molecule has 1 aromatic carbocycles. The highest BCUT2D eigenvalue weighted by Crippen LogP contribution is 2.26. The minimum Gasteiger partial charge on any atom is -0.355 e. The van der Waals surface area contributed by atoms with Crippen molar-refractivity contribution in [3.63, 3.8) is 0 Å². The minimum absolute atomic E-state index is 1.20. The Morgan fingerprint density at radius 3 is 2.73 bits per heavy atom. The van der Waals surface area contributed by atoms with Crippen LogP contribution in [0.5, 0.6) is 0 Å². The van der Waals surface area contributed by atoms with Gasteiger partial charge in [0.1, 0.15) is 0 Å². The average Bonchev–Trinajstić information content (AvgIpc) is 2.57. The van der Waals surface area contributed by atoms with Gasteiger partial charge in [-0.05, 0) is 31.1 Å². The minimum atomic E-state index is 1.20. The molecule has 0 radical (unpaired) electrons. The van der Waals surface area contributed by atoms with Crippen molar-refractivity contribution in [1.29, 1.82) is 0 Å². The lowest BCUT2D eigenvalue weighted by atomic mass is 10.1. The fourth-order valence-corrected chi connectivity index (χ4v) is 1.94. The first-order chi connectivity index (χ1) is 7.24. The summed E-state index contributed by atoms with van der Waals surface area (Å²) >= 11 is 0. The maximum absolute atomic E-state index is 3.72. The molecule has 1 heterocycles. The highest BCUT2D eigenvalue weighted by Gasteiger charge is 2.07. The molecule has 2 rings (SSSR count). The Bertz CT molecular complexity index is 529. The topological polar surface area (TPSA) is 15.8 Å². The number of rotatable bonds is 2. The number of benzene rings is 1. The highest BCUT2D eigenvalue weighted by atomic mass is 14.7. The van der Waals surface area contributed by atoms with Crippen molar-refractivity contribution >= 4 is 16.5 Å². The number of aryl methyl sites for hydroxylation is 1. The van der Waals surface area contributed by atoms with Crippen LogP contribution in [0.1, 0.15) is 18.2 Å². The fourth-order valence-electron chi connectivity index (χ4n) is 1.94. The van der Waals surface area contributed by atoms with Gasteiger partial charge in [0.05, 0.1) is 0 Å². The van der Waals surface area contributed by atoms with E-state index in [-0.39, 0.29) is 0 Å². The van der Waals surface area contributed by atoms with Crippen LogP contribution in [0.2, 0.25) is 0 Å². The Labute approximate surface area is 90.1 Å². The number of aromatic amines is 1. The smallest absolute Gasteiger partial charge is 0.0461 e. The van der Waals surface area contributed by atoms with Gasteiger partial charge in [-0.25, -0.2) is 0 Å². The standard InChI is InChI=1S/C14H15N/c1-4-7-10(2)14-11(3)12-8-5-6-9-13(12)15-14/h4-9,15H,1H2,2-3H3/b10-7-. The molecular formula is C14H15N. The van der Waals surface area contributed by atoms with Gasteiger partial charge in [0.15, 0.2) is 0 Å². The van der Waals surface area contributed by atoms with E-state index in [1.807, 2.05) is 12.2 Å². The second-order valence-electron chi connectivity index (χ2n) is 3.76. The Morgan fingerprint density at radius 1 is 1.33 bits per heavy atom. The van der Waals surface area contributed by atoms with Crippen molar-refractivity contribution in [1.82, 2.24) is 4.98 Å². The van der Waals surface area contributed by atoms with Crippen LogP contribution in [0.25, 0.3) is 16.5 Å². The van der Waals surface area contributed by atoms with Crippen molar-refractivity contribution < 1.29 is 0 Å². The summed E-state index contributed by atoms with van der Waals surface area (Å²) in [5, 5.41) is 1.30. The Balaban J connectivity index is 2.68. The summed E-state index contributed by atoms with van der Waals surface area (Å²) in [6, 6.07) is 8.37. The van der Waals surface area contributed by atoms with Crippen LogP contribution in [0, 0.1) is 6.92 Å². The molecule has 0 saturated heterocycles. The molecule has 0 atom stereocenters. The first-order valence-electron chi connectivity index (χ1n) is 5.11. The largest absolute Gasteiger partial charge is 0.355 e. The Kier molecular flexibility index (Phi) is 2.46.